The van der Waals surface area contributed by atoms with Crippen molar-refractivity contribution in [3.63, 3.8) is 0 Å². The summed E-state index contributed by atoms with van der Waals surface area (Å²) in [4.78, 5) is 10.5. The summed E-state index contributed by atoms with van der Waals surface area (Å²) in [6.07, 6.45) is 3.90. The van der Waals surface area contributed by atoms with Gasteiger partial charge in [0, 0.05) is 13.0 Å². The molecule has 0 heterocycles. The van der Waals surface area contributed by atoms with Gasteiger partial charge in [-0.1, -0.05) is 12.8 Å². The largest absolute Gasteiger partial charge is 0.354 e. The lowest BCUT2D eigenvalue weighted by molar-refractivity contribution is -0.119. The maximum atomic E-state index is 10.5. The summed E-state index contributed by atoms with van der Waals surface area (Å²) >= 11 is 0. The van der Waals surface area contributed by atoms with Gasteiger partial charge in [-0.3, -0.25) is 4.79 Å². The minimum atomic E-state index is 0.0909. The Morgan fingerprint density at radius 1 is 1.70 bits per heavy atom. The summed E-state index contributed by atoms with van der Waals surface area (Å²) in [6.45, 7) is 3.64. The summed E-state index contributed by atoms with van der Waals surface area (Å²) in [5.74, 6) is 0.995. The van der Waals surface area contributed by atoms with Crippen LogP contribution in [0.1, 0.15) is 33.1 Å². The molecule has 1 rings (SSSR count). The van der Waals surface area contributed by atoms with Crippen molar-refractivity contribution in [2.24, 2.45) is 5.92 Å². The van der Waals surface area contributed by atoms with Crippen LogP contribution in [0.5, 0.6) is 0 Å². The Hall–Kier alpha value is -0.530. The summed E-state index contributed by atoms with van der Waals surface area (Å²) in [7, 11) is 0. The second-order valence-electron chi connectivity index (χ2n) is 3.28. The van der Waals surface area contributed by atoms with E-state index >= 15 is 0 Å². The molecule has 0 radical (unpaired) electrons. The van der Waals surface area contributed by atoms with Gasteiger partial charge in [0.05, 0.1) is 0 Å². The van der Waals surface area contributed by atoms with Gasteiger partial charge in [0.15, 0.2) is 0 Å². The molecular formula is C8H15NO. The van der Waals surface area contributed by atoms with E-state index in [-0.39, 0.29) is 5.91 Å². The molecule has 2 nitrogen and oxygen atoms in total. The number of amides is 1. The Labute approximate surface area is 62.0 Å². The topological polar surface area (TPSA) is 29.1 Å². The van der Waals surface area contributed by atoms with E-state index < -0.39 is 0 Å². The molecule has 0 bridgehead atoms. The van der Waals surface area contributed by atoms with Gasteiger partial charge in [0.1, 0.15) is 0 Å². The average Bonchev–Trinajstić information content (AvgIpc) is 2.46. The maximum absolute atomic E-state index is 10.5. The number of nitrogens with one attached hydrogen (secondary N) is 1. The highest BCUT2D eigenvalue weighted by Crippen LogP contribution is 2.33. The molecule has 10 heavy (non-hydrogen) atoms. The van der Waals surface area contributed by atoms with E-state index in [4.69, 9.17) is 0 Å². The van der Waals surface area contributed by atoms with E-state index in [0.717, 1.165) is 5.92 Å². The van der Waals surface area contributed by atoms with Crippen LogP contribution in [0.25, 0.3) is 0 Å². The van der Waals surface area contributed by atoms with Crippen LogP contribution in [0.3, 0.4) is 0 Å². The van der Waals surface area contributed by atoms with Crippen LogP contribution in [0, 0.1) is 5.92 Å². The van der Waals surface area contributed by atoms with Crippen LogP contribution >= 0.6 is 0 Å². The number of rotatable bonds is 3. The fraction of sp³-hybridized carbons (Fsp3) is 0.875. The van der Waals surface area contributed by atoms with Crippen LogP contribution < -0.4 is 5.32 Å². The molecule has 1 amide bonds. The summed E-state index contributed by atoms with van der Waals surface area (Å²) in [6, 6.07) is 0.380. The molecular weight excluding hydrogens is 126 g/mol. The van der Waals surface area contributed by atoms with E-state index in [1.54, 1.807) is 6.92 Å². The number of carbonyl (C=O) groups is 1. The van der Waals surface area contributed by atoms with Crippen molar-refractivity contribution >= 4 is 5.91 Å². The molecule has 1 N–H and O–H groups in total. The Kier molecular flexibility index (Phi) is 2.30. The van der Waals surface area contributed by atoms with Crippen molar-refractivity contribution in [3.8, 4) is 0 Å². The second-order valence-corrected chi connectivity index (χ2v) is 3.28. The average molecular weight is 141 g/mol. The molecule has 0 aromatic rings. The lowest BCUT2D eigenvalue weighted by Crippen LogP contribution is -2.30. The first kappa shape index (κ1) is 7.58. The third kappa shape index (κ3) is 2.85. The lowest BCUT2D eigenvalue weighted by Gasteiger charge is -2.10. The molecule has 1 unspecified atom stereocenters. The standard InChI is InChI=1S/C8H15NO/c1-6(9-7(2)10)5-8-3-4-8/h6,8H,3-5H2,1-2H3,(H,9,10). The zero-order chi connectivity index (χ0) is 7.56. The molecule has 1 aliphatic carbocycles. The molecule has 0 aromatic heterocycles. The molecule has 2 heteroatoms. The van der Waals surface area contributed by atoms with E-state index in [9.17, 15) is 4.79 Å². The molecule has 1 aliphatic rings. The zero-order valence-electron chi connectivity index (χ0n) is 6.68. The van der Waals surface area contributed by atoms with Crippen LogP contribution in [0.2, 0.25) is 0 Å². The van der Waals surface area contributed by atoms with Crippen molar-refractivity contribution in [2.45, 2.75) is 39.2 Å². The van der Waals surface area contributed by atoms with Gasteiger partial charge in [0.25, 0.3) is 0 Å². The van der Waals surface area contributed by atoms with Crippen molar-refractivity contribution in [2.75, 3.05) is 0 Å². The SMILES string of the molecule is CC(=O)NC(C)CC1CC1. The van der Waals surface area contributed by atoms with E-state index in [1.807, 2.05) is 0 Å². The number of hydrogen-bond acceptors (Lipinski definition) is 1. The quantitative estimate of drug-likeness (QED) is 0.631. The minimum absolute atomic E-state index is 0.0909. The molecule has 0 spiro atoms. The van der Waals surface area contributed by atoms with Crippen molar-refractivity contribution in [1.29, 1.82) is 0 Å². The second kappa shape index (κ2) is 3.04. The molecule has 1 fully saturated rings. The summed E-state index contributed by atoms with van der Waals surface area (Å²) < 4.78 is 0. The number of carbonyl (C=O) groups excluding carboxylic acids is 1. The smallest absolute Gasteiger partial charge is 0.217 e. The monoisotopic (exact) mass is 141 g/mol. The van der Waals surface area contributed by atoms with Crippen LogP contribution in [-0.4, -0.2) is 11.9 Å². The minimum Gasteiger partial charge on any atom is -0.354 e. The van der Waals surface area contributed by atoms with E-state index in [0.29, 0.717) is 6.04 Å². The highest BCUT2D eigenvalue weighted by molar-refractivity contribution is 5.73. The van der Waals surface area contributed by atoms with Crippen molar-refractivity contribution in [3.05, 3.63) is 0 Å². The molecule has 1 saturated carbocycles. The highest BCUT2D eigenvalue weighted by Gasteiger charge is 2.23. The Morgan fingerprint density at radius 3 is 2.70 bits per heavy atom. The Bertz CT molecular complexity index is 129. The molecule has 0 aromatic carbocycles. The molecule has 58 valence electrons. The van der Waals surface area contributed by atoms with Gasteiger partial charge >= 0.3 is 0 Å². The van der Waals surface area contributed by atoms with Crippen molar-refractivity contribution in [1.82, 2.24) is 5.32 Å². The van der Waals surface area contributed by atoms with E-state index in [2.05, 4.69) is 12.2 Å². The molecule has 1 atom stereocenters. The van der Waals surface area contributed by atoms with Crippen LogP contribution in [0.15, 0.2) is 0 Å². The molecule has 0 saturated heterocycles. The van der Waals surface area contributed by atoms with Gasteiger partial charge in [-0.2, -0.15) is 0 Å². The first-order valence-electron chi connectivity index (χ1n) is 3.95. The molecule has 0 aliphatic heterocycles. The van der Waals surface area contributed by atoms with Gasteiger partial charge in [-0.05, 0) is 19.3 Å². The first-order chi connectivity index (χ1) is 4.68. The maximum Gasteiger partial charge on any atom is 0.217 e. The van der Waals surface area contributed by atoms with Gasteiger partial charge in [0.2, 0.25) is 5.91 Å². The lowest BCUT2D eigenvalue weighted by atomic mass is 10.1. The third-order valence-electron chi connectivity index (χ3n) is 1.83. The predicted molar refractivity (Wildman–Crippen MR) is 40.6 cm³/mol. The fourth-order valence-electron chi connectivity index (χ4n) is 1.26. The van der Waals surface area contributed by atoms with Gasteiger partial charge < -0.3 is 5.32 Å². The normalized spacial score (nSPS) is 20.2. The van der Waals surface area contributed by atoms with E-state index in [1.165, 1.54) is 19.3 Å². The van der Waals surface area contributed by atoms with Crippen molar-refractivity contribution < 1.29 is 4.79 Å². The first-order valence-corrected chi connectivity index (χ1v) is 3.95. The predicted octanol–water partition coefficient (Wildman–Crippen LogP) is 1.31. The third-order valence-corrected chi connectivity index (χ3v) is 1.83. The summed E-state index contributed by atoms with van der Waals surface area (Å²) in [5, 5.41) is 2.88. The van der Waals surface area contributed by atoms with Gasteiger partial charge in [-0.25, -0.2) is 0 Å². The number of hydrogen-bond donors (Lipinski definition) is 1. The Balaban J connectivity index is 2.07. The highest BCUT2D eigenvalue weighted by atomic mass is 16.1. The van der Waals surface area contributed by atoms with Gasteiger partial charge in [-0.15, -0.1) is 0 Å². The van der Waals surface area contributed by atoms with Crippen LogP contribution in [0.4, 0.5) is 0 Å². The Morgan fingerprint density at radius 2 is 2.30 bits per heavy atom. The fourth-order valence-corrected chi connectivity index (χ4v) is 1.26. The van der Waals surface area contributed by atoms with Crippen LogP contribution in [-0.2, 0) is 4.79 Å². The summed E-state index contributed by atoms with van der Waals surface area (Å²) in [5.41, 5.74) is 0. The zero-order valence-corrected chi connectivity index (χ0v) is 6.68.